The average molecular weight is 318 g/mol. The molecule has 0 amide bonds. The molecular formula is C11H10BrClN2O2. The van der Waals surface area contributed by atoms with Gasteiger partial charge in [0.05, 0.1) is 29.5 Å². The molecule has 4 nitrogen and oxygen atoms in total. The summed E-state index contributed by atoms with van der Waals surface area (Å²) < 4.78 is 4.57. The molecule has 90 valence electrons. The molecule has 0 heterocycles. The molecule has 0 saturated carbocycles. The number of anilines is 1. The van der Waals surface area contributed by atoms with Crippen molar-refractivity contribution in [1.29, 1.82) is 5.26 Å². The first-order valence-electron chi connectivity index (χ1n) is 4.74. The summed E-state index contributed by atoms with van der Waals surface area (Å²) >= 11 is 9.14. The average Bonchev–Trinajstić information content (AvgIpc) is 2.35. The fourth-order valence-corrected chi connectivity index (χ4v) is 1.73. The Kier molecular flexibility index (Phi) is 5.26. The lowest BCUT2D eigenvalue weighted by atomic mass is 10.2. The molecule has 0 aliphatic carbocycles. The molecule has 1 unspecified atom stereocenters. The van der Waals surface area contributed by atoms with Gasteiger partial charge in [-0.25, -0.2) is 0 Å². The van der Waals surface area contributed by atoms with E-state index < -0.39 is 4.83 Å². The predicted molar refractivity (Wildman–Crippen MR) is 69.4 cm³/mol. The lowest BCUT2D eigenvalue weighted by molar-refractivity contribution is -0.139. The molecule has 1 rings (SSSR count). The number of methoxy groups -OCH3 is 1. The quantitative estimate of drug-likeness (QED) is 0.685. The minimum absolute atomic E-state index is 0.346. The van der Waals surface area contributed by atoms with E-state index in [1.807, 2.05) is 6.07 Å². The van der Waals surface area contributed by atoms with Gasteiger partial charge in [-0.05, 0) is 18.2 Å². The highest BCUT2D eigenvalue weighted by molar-refractivity contribution is 9.10. The van der Waals surface area contributed by atoms with Crippen molar-refractivity contribution in [3.05, 3.63) is 28.8 Å². The molecule has 0 bridgehead atoms. The molecule has 0 saturated heterocycles. The minimum atomic E-state index is -0.445. The van der Waals surface area contributed by atoms with Gasteiger partial charge in [-0.15, -0.1) is 0 Å². The molecule has 0 aliphatic heterocycles. The Morgan fingerprint density at radius 3 is 2.94 bits per heavy atom. The topological polar surface area (TPSA) is 62.1 Å². The fourth-order valence-electron chi connectivity index (χ4n) is 1.14. The monoisotopic (exact) mass is 316 g/mol. The van der Waals surface area contributed by atoms with Crippen molar-refractivity contribution in [1.82, 2.24) is 0 Å². The second-order valence-corrected chi connectivity index (χ2v) is 4.69. The summed E-state index contributed by atoms with van der Waals surface area (Å²) in [7, 11) is 1.32. The first kappa shape index (κ1) is 13.8. The van der Waals surface area contributed by atoms with Crippen LogP contribution in [0, 0.1) is 11.3 Å². The number of carbonyl (C=O) groups is 1. The summed E-state index contributed by atoms with van der Waals surface area (Å²) in [5.41, 5.74) is 1.16. The number of carbonyl (C=O) groups excluding carboxylic acids is 1. The molecule has 17 heavy (non-hydrogen) atoms. The normalized spacial score (nSPS) is 11.4. The van der Waals surface area contributed by atoms with Crippen molar-refractivity contribution in [3.63, 3.8) is 0 Å². The second kappa shape index (κ2) is 6.48. The number of halogens is 2. The van der Waals surface area contributed by atoms with E-state index in [1.54, 1.807) is 18.2 Å². The van der Waals surface area contributed by atoms with E-state index in [1.165, 1.54) is 7.11 Å². The molecule has 0 aliphatic rings. The molecule has 1 N–H and O–H groups in total. The predicted octanol–water partition coefficient (Wildman–Crippen LogP) is 2.56. The summed E-state index contributed by atoms with van der Waals surface area (Å²) in [5, 5.41) is 12.1. The van der Waals surface area contributed by atoms with E-state index >= 15 is 0 Å². The standard InChI is InChI=1S/C11H10BrClN2O2/c1-17-11(16)8(12)6-15-10-3-2-7(5-14)4-9(10)13/h2-4,8,15H,6H2,1H3. The van der Waals surface area contributed by atoms with Crippen LogP contribution >= 0.6 is 27.5 Å². The Balaban J connectivity index is 2.64. The van der Waals surface area contributed by atoms with Gasteiger partial charge in [0, 0.05) is 6.54 Å². The number of nitrogens with one attached hydrogen (secondary N) is 1. The van der Waals surface area contributed by atoms with Crippen LogP contribution in [0.25, 0.3) is 0 Å². The summed E-state index contributed by atoms with van der Waals surface area (Å²) in [6, 6.07) is 6.89. The van der Waals surface area contributed by atoms with Gasteiger partial charge in [0.1, 0.15) is 4.83 Å². The van der Waals surface area contributed by atoms with E-state index in [0.717, 1.165) is 0 Å². The van der Waals surface area contributed by atoms with Crippen LogP contribution in [0.2, 0.25) is 5.02 Å². The zero-order valence-electron chi connectivity index (χ0n) is 9.04. The van der Waals surface area contributed by atoms with Crippen LogP contribution in [0.5, 0.6) is 0 Å². The van der Waals surface area contributed by atoms with Crippen LogP contribution in [0.15, 0.2) is 18.2 Å². The molecule has 1 aromatic rings. The number of alkyl halides is 1. The van der Waals surface area contributed by atoms with Crippen molar-refractivity contribution in [3.8, 4) is 6.07 Å². The molecule has 1 atom stereocenters. The Hall–Kier alpha value is -1.25. The van der Waals surface area contributed by atoms with Crippen LogP contribution in [0.1, 0.15) is 5.56 Å². The Morgan fingerprint density at radius 1 is 1.71 bits per heavy atom. The van der Waals surface area contributed by atoms with Gasteiger partial charge < -0.3 is 10.1 Å². The van der Waals surface area contributed by atoms with Gasteiger partial charge >= 0.3 is 5.97 Å². The van der Waals surface area contributed by atoms with Crippen LogP contribution in [0.4, 0.5) is 5.69 Å². The lowest BCUT2D eigenvalue weighted by Crippen LogP contribution is -2.24. The number of rotatable bonds is 4. The summed E-state index contributed by atoms with van der Waals surface area (Å²) in [6.07, 6.45) is 0. The molecular weight excluding hydrogens is 307 g/mol. The van der Waals surface area contributed by atoms with E-state index in [2.05, 4.69) is 26.0 Å². The first-order valence-corrected chi connectivity index (χ1v) is 6.03. The third-order valence-electron chi connectivity index (χ3n) is 2.03. The number of hydrogen-bond acceptors (Lipinski definition) is 4. The number of nitrogens with zero attached hydrogens (tertiary/aromatic N) is 1. The van der Waals surface area contributed by atoms with Gasteiger partial charge in [0.15, 0.2) is 0 Å². The highest BCUT2D eigenvalue weighted by Gasteiger charge is 2.15. The summed E-state index contributed by atoms with van der Waals surface area (Å²) in [4.78, 5) is 10.7. The maximum atomic E-state index is 11.1. The van der Waals surface area contributed by atoms with E-state index in [0.29, 0.717) is 22.8 Å². The number of hydrogen-bond donors (Lipinski definition) is 1. The minimum Gasteiger partial charge on any atom is -0.468 e. The lowest BCUT2D eigenvalue weighted by Gasteiger charge is -2.11. The van der Waals surface area contributed by atoms with E-state index in [9.17, 15) is 4.79 Å². The smallest absolute Gasteiger partial charge is 0.321 e. The Labute approximate surface area is 113 Å². The molecule has 0 fully saturated rings. The maximum Gasteiger partial charge on any atom is 0.321 e. The molecule has 0 radical (unpaired) electrons. The number of ether oxygens (including phenoxy) is 1. The third kappa shape index (κ3) is 3.91. The molecule has 0 spiro atoms. The number of esters is 1. The van der Waals surface area contributed by atoms with Crippen molar-refractivity contribution in [2.24, 2.45) is 0 Å². The highest BCUT2D eigenvalue weighted by Crippen LogP contribution is 2.23. The maximum absolute atomic E-state index is 11.1. The fraction of sp³-hybridized carbons (Fsp3) is 0.273. The molecule has 0 aromatic heterocycles. The van der Waals surface area contributed by atoms with Gasteiger partial charge in [-0.2, -0.15) is 5.26 Å². The zero-order valence-corrected chi connectivity index (χ0v) is 11.4. The van der Waals surface area contributed by atoms with Crippen molar-refractivity contribution < 1.29 is 9.53 Å². The van der Waals surface area contributed by atoms with Crippen LogP contribution in [0.3, 0.4) is 0 Å². The SMILES string of the molecule is COC(=O)C(Br)CNc1ccc(C#N)cc1Cl. The van der Waals surface area contributed by atoms with Crippen LogP contribution < -0.4 is 5.32 Å². The molecule has 6 heteroatoms. The van der Waals surface area contributed by atoms with Crippen molar-refractivity contribution >= 4 is 39.2 Å². The van der Waals surface area contributed by atoms with Crippen molar-refractivity contribution in [2.75, 3.05) is 19.0 Å². The Bertz CT molecular complexity index is 459. The van der Waals surface area contributed by atoms with Crippen LogP contribution in [-0.2, 0) is 9.53 Å². The van der Waals surface area contributed by atoms with E-state index in [-0.39, 0.29) is 5.97 Å². The number of benzene rings is 1. The largest absolute Gasteiger partial charge is 0.468 e. The third-order valence-corrected chi connectivity index (χ3v) is 3.04. The van der Waals surface area contributed by atoms with Crippen LogP contribution in [-0.4, -0.2) is 24.5 Å². The molecule has 1 aromatic carbocycles. The van der Waals surface area contributed by atoms with E-state index in [4.69, 9.17) is 16.9 Å². The van der Waals surface area contributed by atoms with Gasteiger partial charge in [0.2, 0.25) is 0 Å². The van der Waals surface area contributed by atoms with Gasteiger partial charge in [-0.1, -0.05) is 27.5 Å². The number of nitriles is 1. The van der Waals surface area contributed by atoms with Gasteiger partial charge in [-0.3, -0.25) is 4.79 Å². The van der Waals surface area contributed by atoms with Gasteiger partial charge in [0.25, 0.3) is 0 Å². The van der Waals surface area contributed by atoms with Crippen molar-refractivity contribution in [2.45, 2.75) is 4.83 Å². The first-order chi connectivity index (χ1) is 8.08. The second-order valence-electron chi connectivity index (χ2n) is 3.18. The summed E-state index contributed by atoms with van der Waals surface area (Å²) in [6.45, 7) is 0.346. The zero-order chi connectivity index (χ0) is 12.8. The highest BCUT2D eigenvalue weighted by atomic mass is 79.9. The Morgan fingerprint density at radius 2 is 2.41 bits per heavy atom. The summed E-state index contributed by atoms with van der Waals surface area (Å²) in [5.74, 6) is -0.359.